The first-order chi connectivity index (χ1) is 9.40. The number of halogens is 1. The van der Waals surface area contributed by atoms with E-state index in [1.54, 1.807) is 13.0 Å². The third-order valence-corrected chi connectivity index (χ3v) is 4.47. The predicted molar refractivity (Wildman–Crippen MR) is 72.9 cm³/mol. The highest BCUT2D eigenvalue weighted by atomic mass is 32.2. The maximum atomic E-state index is 13.5. The summed E-state index contributed by atoms with van der Waals surface area (Å²) in [4.78, 5) is 11.3. The van der Waals surface area contributed by atoms with Crippen LogP contribution in [0.2, 0.25) is 0 Å². The van der Waals surface area contributed by atoms with Crippen LogP contribution in [0.3, 0.4) is 0 Å². The van der Waals surface area contributed by atoms with Crippen molar-refractivity contribution in [2.24, 2.45) is 0 Å². The Bertz CT molecular complexity index is 559. The number of carbonyl (C=O) groups excluding carboxylic acids is 1. The largest absolute Gasteiger partial charge is 0.468 e. The van der Waals surface area contributed by atoms with Crippen LogP contribution >= 0.6 is 0 Å². The molecule has 1 rings (SSSR count). The molecule has 0 heterocycles. The number of nitrogens with zero attached hydrogens (tertiary/aromatic N) is 1. The van der Waals surface area contributed by atoms with Crippen molar-refractivity contribution < 1.29 is 22.3 Å². The van der Waals surface area contributed by atoms with Gasteiger partial charge in [0.2, 0.25) is 10.0 Å². The summed E-state index contributed by atoms with van der Waals surface area (Å²) in [6.07, 6.45) is 0.549. The Labute approximate surface area is 118 Å². The first-order valence-electron chi connectivity index (χ1n) is 6.18. The van der Waals surface area contributed by atoms with Crippen LogP contribution in [0.4, 0.5) is 4.39 Å². The van der Waals surface area contributed by atoms with Crippen LogP contribution in [0.1, 0.15) is 18.9 Å². The van der Waals surface area contributed by atoms with E-state index in [1.165, 1.54) is 25.3 Å². The second kappa shape index (κ2) is 7.35. The summed E-state index contributed by atoms with van der Waals surface area (Å²) in [5, 5.41) is 0. The van der Waals surface area contributed by atoms with E-state index in [2.05, 4.69) is 4.74 Å². The van der Waals surface area contributed by atoms with Crippen LogP contribution in [0.5, 0.6) is 0 Å². The van der Waals surface area contributed by atoms with Gasteiger partial charge < -0.3 is 4.74 Å². The molecule has 5 nitrogen and oxygen atoms in total. The van der Waals surface area contributed by atoms with Crippen LogP contribution < -0.4 is 0 Å². The lowest BCUT2D eigenvalue weighted by atomic mass is 10.2. The zero-order valence-corrected chi connectivity index (χ0v) is 12.3. The van der Waals surface area contributed by atoms with Gasteiger partial charge in [-0.25, -0.2) is 12.8 Å². The van der Waals surface area contributed by atoms with Crippen molar-refractivity contribution in [2.75, 3.05) is 20.2 Å². The van der Waals surface area contributed by atoms with Crippen molar-refractivity contribution >= 4 is 16.0 Å². The molecule has 0 saturated carbocycles. The minimum atomic E-state index is -3.77. The van der Waals surface area contributed by atoms with Crippen LogP contribution in [0, 0.1) is 5.82 Å². The number of ether oxygens (including phenoxy) is 1. The lowest BCUT2D eigenvalue weighted by molar-refractivity contribution is -0.140. The van der Waals surface area contributed by atoms with Crippen molar-refractivity contribution in [3.8, 4) is 0 Å². The van der Waals surface area contributed by atoms with E-state index in [0.29, 0.717) is 6.42 Å². The molecule has 1 aromatic carbocycles. The highest BCUT2D eigenvalue weighted by molar-refractivity contribution is 7.88. The van der Waals surface area contributed by atoms with Crippen molar-refractivity contribution in [2.45, 2.75) is 19.1 Å². The summed E-state index contributed by atoms with van der Waals surface area (Å²) < 4.78 is 43.5. The average molecular weight is 303 g/mol. The van der Waals surface area contributed by atoms with Gasteiger partial charge in [0, 0.05) is 12.1 Å². The second-order valence-corrected chi connectivity index (χ2v) is 6.23. The summed E-state index contributed by atoms with van der Waals surface area (Å²) in [7, 11) is -2.58. The van der Waals surface area contributed by atoms with Crippen LogP contribution in [0.15, 0.2) is 24.3 Å². The molecule has 0 unspecified atom stereocenters. The van der Waals surface area contributed by atoms with Gasteiger partial charge in [0.1, 0.15) is 12.4 Å². The molecule has 0 radical (unpaired) electrons. The minimum Gasteiger partial charge on any atom is -0.468 e. The maximum absolute atomic E-state index is 13.5. The number of benzene rings is 1. The fraction of sp³-hybridized carbons (Fsp3) is 0.462. The molecule has 0 aliphatic heterocycles. The minimum absolute atomic E-state index is 0.0819. The van der Waals surface area contributed by atoms with Gasteiger partial charge in [-0.1, -0.05) is 25.1 Å². The molecule has 7 heteroatoms. The molecule has 0 bridgehead atoms. The second-order valence-electron chi connectivity index (χ2n) is 4.26. The third-order valence-electron chi connectivity index (χ3n) is 2.70. The number of carbonyl (C=O) groups is 1. The van der Waals surface area contributed by atoms with Gasteiger partial charge >= 0.3 is 5.97 Å². The summed E-state index contributed by atoms with van der Waals surface area (Å²) >= 11 is 0. The van der Waals surface area contributed by atoms with Crippen molar-refractivity contribution in [1.29, 1.82) is 0 Å². The number of hydrogen-bond donors (Lipinski definition) is 0. The maximum Gasteiger partial charge on any atom is 0.321 e. The Morgan fingerprint density at radius 3 is 2.55 bits per heavy atom. The van der Waals surface area contributed by atoms with E-state index < -0.39 is 27.6 Å². The van der Waals surface area contributed by atoms with Crippen molar-refractivity contribution in [3.63, 3.8) is 0 Å². The topological polar surface area (TPSA) is 63.7 Å². The molecule has 0 spiro atoms. The van der Waals surface area contributed by atoms with Gasteiger partial charge in [-0.05, 0) is 12.5 Å². The Morgan fingerprint density at radius 1 is 1.35 bits per heavy atom. The number of methoxy groups -OCH3 is 1. The van der Waals surface area contributed by atoms with E-state index >= 15 is 0 Å². The Kier molecular flexibility index (Phi) is 6.09. The zero-order chi connectivity index (χ0) is 15.2. The lowest BCUT2D eigenvalue weighted by Gasteiger charge is -2.20. The smallest absolute Gasteiger partial charge is 0.321 e. The normalized spacial score (nSPS) is 11.6. The Hall–Kier alpha value is -1.47. The van der Waals surface area contributed by atoms with Crippen LogP contribution in [-0.4, -0.2) is 38.9 Å². The van der Waals surface area contributed by atoms with E-state index in [9.17, 15) is 17.6 Å². The zero-order valence-electron chi connectivity index (χ0n) is 11.5. The van der Waals surface area contributed by atoms with Gasteiger partial charge in [-0.15, -0.1) is 0 Å². The van der Waals surface area contributed by atoms with Gasteiger partial charge in [0.25, 0.3) is 0 Å². The molecule has 0 fully saturated rings. The summed E-state index contributed by atoms with van der Waals surface area (Å²) in [6, 6.07) is 5.67. The van der Waals surface area contributed by atoms with Gasteiger partial charge in [-0.3, -0.25) is 4.79 Å². The first-order valence-corrected chi connectivity index (χ1v) is 7.79. The molecular weight excluding hydrogens is 285 g/mol. The van der Waals surface area contributed by atoms with Gasteiger partial charge in [0.05, 0.1) is 12.9 Å². The standard InChI is InChI=1S/C13H18FNO4S/c1-3-8-15(9-13(16)19-2)20(17,18)10-11-6-4-5-7-12(11)14/h4-7H,3,8-10H2,1-2H3. The quantitative estimate of drug-likeness (QED) is 0.717. The molecule has 0 atom stereocenters. The van der Waals surface area contributed by atoms with Gasteiger partial charge in [0.15, 0.2) is 0 Å². The molecule has 20 heavy (non-hydrogen) atoms. The fourth-order valence-electron chi connectivity index (χ4n) is 1.68. The monoisotopic (exact) mass is 303 g/mol. The van der Waals surface area contributed by atoms with Crippen LogP contribution in [0.25, 0.3) is 0 Å². The average Bonchev–Trinajstić information content (AvgIpc) is 2.40. The SMILES string of the molecule is CCCN(CC(=O)OC)S(=O)(=O)Cc1ccccc1F. The molecule has 0 aromatic heterocycles. The van der Waals surface area contributed by atoms with E-state index in [1.807, 2.05) is 0 Å². The van der Waals surface area contributed by atoms with Crippen molar-refractivity contribution in [3.05, 3.63) is 35.6 Å². The first kappa shape index (κ1) is 16.6. The predicted octanol–water partition coefficient (Wildman–Crippen LogP) is 1.54. The molecule has 1 aromatic rings. The third kappa shape index (κ3) is 4.57. The van der Waals surface area contributed by atoms with Crippen LogP contribution in [-0.2, 0) is 25.3 Å². The number of hydrogen-bond acceptors (Lipinski definition) is 4. The molecule has 0 N–H and O–H groups in total. The summed E-state index contributed by atoms with van der Waals surface area (Å²) in [5.41, 5.74) is 0.0819. The summed E-state index contributed by atoms with van der Waals surface area (Å²) in [5.74, 6) is -1.70. The molecule has 0 aliphatic rings. The molecule has 0 amide bonds. The summed E-state index contributed by atoms with van der Waals surface area (Å²) in [6.45, 7) is 1.62. The molecule has 0 aliphatic carbocycles. The lowest BCUT2D eigenvalue weighted by Crippen LogP contribution is -2.37. The molecule has 0 saturated heterocycles. The fourth-order valence-corrected chi connectivity index (χ4v) is 3.25. The highest BCUT2D eigenvalue weighted by Crippen LogP contribution is 2.14. The molecular formula is C13H18FNO4S. The van der Waals surface area contributed by atoms with Crippen molar-refractivity contribution in [1.82, 2.24) is 4.31 Å². The van der Waals surface area contributed by atoms with E-state index in [-0.39, 0.29) is 18.7 Å². The van der Waals surface area contributed by atoms with E-state index in [4.69, 9.17) is 0 Å². The number of rotatable bonds is 7. The number of esters is 1. The van der Waals surface area contributed by atoms with E-state index in [0.717, 1.165) is 4.31 Å². The number of sulfonamides is 1. The highest BCUT2D eigenvalue weighted by Gasteiger charge is 2.25. The Balaban J connectivity index is 2.93. The van der Waals surface area contributed by atoms with Gasteiger partial charge in [-0.2, -0.15) is 4.31 Å². The molecule has 112 valence electrons. The Morgan fingerprint density at radius 2 is 2.00 bits per heavy atom.